The van der Waals surface area contributed by atoms with Crippen LogP contribution in [0.3, 0.4) is 0 Å². The van der Waals surface area contributed by atoms with Crippen LogP contribution in [0, 0.1) is 0 Å². The first-order valence-corrected chi connectivity index (χ1v) is 6.46. The van der Waals surface area contributed by atoms with Gasteiger partial charge in [0.15, 0.2) is 0 Å². The molecule has 0 aliphatic carbocycles. The largest absolute Gasteiger partial charge is 0.481 e. The minimum Gasteiger partial charge on any atom is -0.481 e. The van der Waals surface area contributed by atoms with Gasteiger partial charge in [-0.3, -0.25) is 4.79 Å². The van der Waals surface area contributed by atoms with Gasteiger partial charge >= 0.3 is 11.9 Å². The molecule has 0 spiro atoms. The summed E-state index contributed by atoms with van der Waals surface area (Å²) in [5, 5.41) is 16.8. The van der Waals surface area contributed by atoms with Crippen molar-refractivity contribution < 1.29 is 19.8 Å². The number of benzene rings is 1. The highest BCUT2D eigenvalue weighted by atomic mass is 16.4. The van der Waals surface area contributed by atoms with Gasteiger partial charge in [-0.05, 0) is 31.0 Å². The maximum atomic E-state index is 10.5. The van der Waals surface area contributed by atoms with Gasteiger partial charge in [0.25, 0.3) is 0 Å². The molecule has 0 saturated heterocycles. The van der Waals surface area contributed by atoms with Crippen LogP contribution >= 0.6 is 0 Å². The van der Waals surface area contributed by atoms with E-state index in [1.54, 1.807) is 24.3 Å². The summed E-state index contributed by atoms with van der Waals surface area (Å²) < 4.78 is 0. The molecule has 6 nitrogen and oxygen atoms in total. The summed E-state index contributed by atoms with van der Waals surface area (Å²) in [5.74, 6) is -1.64. The number of hydrogen-bond donors (Lipinski definition) is 4. The van der Waals surface area contributed by atoms with E-state index < -0.39 is 11.9 Å². The van der Waals surface area contributed by atoms with E-state index >= 15 is 0 Å². The fourth-order valence-electron chi connectivity index (χ4n) is 1.50. The Hall–Kier alpha value is -1.92. The lowest BCUT2D eigenvalue weighted by molar-refractivity contribution is -0.137. The molecule has 1 rings (SSSR count). The van der Waals surface area contributed by atoms with E-state index in [1.807, 2.05) is 0 Å². The van der Waals surface area contributed by atoms with Crippen LogP contribution < -0.4 is 11.5 Å². The first-order valence-electron chi connectivity index (χ1n) is 6.46. The van der Waals surface area contributed by atoms with Crippen molar-refractivity contribution in [2.24, 2.45) is 11.5 Å². The van der Waals surface area contributed by atoms with Gasteiger partial charge in [0.1, 0.15) is 0 Å². The minimum atomic E-state index is -0.925. The number of unbranched alkanes of at least 4 members (excludes halogenated alkanes) is 2. The number of carboxylic acids is 2. The molecule has 112 valence electrons. The van der Waals surface area contributed by atoms with Gasteiger partial charge in [0.05, 0.1) is 5.56 Å². The van der Waals surface area contributed by atoms with Crippen molar-refractivity contribution in [2.75, 3.05) is 6.54 Å². The van der Waals surface area contributed by atoms with E-state index in [2.05, 4.69) is 0 Å². The Labute approximate surface area is 118 Å². The SMILES string of the molecule is NCCCCCC(=O)O.NCc1ccccc1C(=O)O. The Morgan fingerprint density at radius 2 is 1.65 bits per heavy atom. The van der Waals surface area contributed by atoms with Crippen LogP contribution in [0.15, 0.2) is 24.3 Å². The number of carboxylic acid groups (broad SMARTS) is 2. The molecule has 6 heteroatoms. The average Bonchev–Trinajstić information content (AvgIpc) is 2.44. The molecule has 0 aliphatic rings. The van der Waals surface area contributed by atoms with E-state index in [9.17, 15) is 9.59 Å². The van der Waals surface area contributed by atoms with Crippen molar-refractivity contribution >= 4 is 11.9 Å². The third-order valence-electron chi connectivity index (χ3n) is 2.56. The van der Waals surface area contributed by atoms with Gasteiger partial charge in [-0.2, -0.15) is 0 Å². The highest BCUT2D eigenvalue weighted by molar-refractivity contribution is 5.89. The Bertz CT molecular complexity index is 421. The number of carbonyl (C=O) groups is 2. The van der Waals surface area contributed by atoms with E-state index in [0.29, 0.717) is 12.1 Å². The van der Waals surface area contributed by atoms with Gasteiger partial charge < -0.3 is 21.7 Å². The van der Waals surface area contributed by atoms with E-state index in [-0.39, 0.29) is 18.5 Å². The fraction of sp³-hybridized carbons (Fsp3) is 0.429. The second-order valence-corrected chi connectivity index (χ2v) is 4.16. The lowest BCUT2D eigenvalue weighted by atomic mass is 10.1. The molecule has 0 aliphatic heterocycles. The molecule has 0 amide bonds. The topological polar surface area (TPSA) is 127 Å². The van der Waals surface area contributed by atoms with Crippen molar-refractivity contribution in [1.29, 1.82) is 0 Å². The first kappa shape index (κ1) is 18.1. The summed E-state index contributed by atoms with van der Waals surface area (Å²) in [7, 11) is 0. The lowest BCUT2D eigenvalue weighted by Gasteiger charge is -2.00. The summed E-state index contributed by atoms with van der Waals surface area (Å²) in [6, 6.07) is 6.71. The second-order valence-electron chi connectivity index (χ2n) is 4.16. The van der Waals surface area contributed by atoms with Crippen molar-refractivity contribution in [3.8, 4) is 0 Å². The van der Waals surface area contributed by atoms with E-state index in [4.69, 9.17) is 21.7 Å². The molecule has 0 fully saturated rings. The van der Waals surface area contributed by atoms with Gasteiger partial charge in [-0.15, -0.1) is 0 Å². The van der Waals surface area contributed by atoms with Crippen LogP contribution in [-0.4, -0.2) is 28.7 Å². The Morgan fingerprint density at radius 1 is 1.00 bits per heavy atom. The molecule has 0 radical (unpaired) electrons. The number of hydrogen-bond acceptors (Lipinski definition) is 4. The Balaban J connectivity index is 0.000000370. The summed E-state index contributed by atoms with van der Waals surface area (Å²) in [6.45, 7) is 0.933. The quantitative estimate of drug-likeness (QED) is 0.560. The normalized spacial score (nSPS) is 9.50. The molecule has 6 N–H and O–H groups in total. The number of aliphatic carboxylic acids is 1. The van der Waals surface area contributed by atoms with Crippen molar-refractivity contribution in [3.05, 3.63) is 35.4 Å². The predicted octanol–water partition coefficient (Wildman–Crippen LogP) is 1.43. The Morgan fingerprint density at radius 3 is 2.10 bits per heavy atom. The zero-order valence-electron chi connectivity index (χ0n) is 11.4. The molecule has 0 aromatic heterocycles. The highest BCUT2D eigenvalue weighted by Gasteiger charge is 2.05. The summed E-state index contributed by atoms with van der Waals surface area (Å²) in [5.41, 5.74) is 11.5. The summed E-state index contributed by atoms with van der Waals surface area (Å²) in [4.78, 5) is 20.5. The van der Waals surface area contributed by atoms with Crippen molar-refractivity contribution in [3.63, 3.8) is 0 Å². The number of rotatable bonds is 7. The second kappa shape index (κ2) is 11.0. The zero-order valence-corrected chi connectivity index (χ0v) is 11.4. The highest BCUT2D eigenvalue weighted by Crippen LogP contribution is 2.06. The van der Waals surface area contributed by atoms with Crippen LogP contribution in [0.1, 0.15) is 41.6 Å². The van der Waals surface area contributed by atoms with E-state index in [0.717, 1.165) is 19.3 Å². The van der Waals surface area contributed by atoms with Crippen LogP contribution in [0.4, 0.5) is 0 Å². The van der Waals surface area contributed by atoms with Gasteiger partial charge in [0, 0.05) is 13.0 Å². The molecular formula is C14H22N2O4. The molecule has 0 atom stereocenters. The Kier molecular flexibility index (Phi) is 9.90. The zero-order chi connectivity index (χ0) is 15.4. The molecule has 1 aromatic rings. The van der Waals surface area contributed by atoms with Crippen LogP contribution in [0.5, 0.6) is 0 Å². The van der Waals surface area contributed by atoms with Gasteiger partial charge in [-0.25, -0.2) is 4.79 Å². The molecule has 1 aromatic carbocycles. The van der Waals surface area contributed by atoms with Gasteiger partial charge in [-0.1, -0.05) is 24.6 Å². The van der Waals surface area contributed by atoms with Crippen molar-refractivity contribution in [2.45, 2.75) is 32.2 Å². The third kappa shape index (κ3) is 8.23. The fourth-order valence-corrected chi connectivity index (χ4v) is 1.50. The lowest BCUT2D eigenvalue weighted by Crippen LogP contribution is -2.05. The predicted molar refractivity (Wildman–Crippen MR) is 76.5 cm³/mol. The number of aromatic carboxylic acids is 1. The monoisotopic (exact) mass is 282 g/mol. The molecule has 0 unspecified atom stereocenters. The molecule has 0 heterocycles. The smallest absolute Gasteiger partial charge is 0.336 e. The third-order valence-corrected chi connectivity index (χ3v) is 2.56. The first-order chi connectivity index (χ1) is 9.52. The van der Waals surface area contributed by atoms with Crippen LogP contribution in [0.2, 0.25) is 0 Å². The minimum absolute atomic E-state index is 0.266. The summed E-state index contributed by atoms with van der Waals surface area (Å²) >= 11 is 0. The molecule has 0 bridgehead atoms. The standard InChI is InChI=1S/C8H9NO2.C6H13NO2/c9-5-6-3-1-2-4-7(6)8(10)11;7-5-3-1-2-4-6(8)9/h1-4H,5,9H2,(H,10,11);1-5,7H2,(H,8,9). The molecule has 0 saturated carbocycles. The van der Waals surface area contributed by atoms with Crippen LogP contribution in [0.25, 0.3) is 0 Å². The maximum Gasteiger partial charge on any atom is 0.336 e. The molecular weight excluding hydrogens is 260 g/mol. The number of nitrogens with two attached hydrogens (primary N) is 2. The maximum absolute atomic E-state index is 10.5. The molecule has 20 heavy (non-hydrogen) atoms. The average molecular weight is 282 g/mol. The van der Waals surface area contributed by atoms with Crippen LogP contribution in [-0.2, 0) is 11.3 Å². The van der Waals surface area contributed by atoms with E-state index in [1.165, 1.54) is 0 Å². The van der Waals surface area contributed by atoms with Gasteiger partial charge in [0.2, 0.25) is 0 Å². The summed E-state index contributed by atoms with van der Waals surface area (Å²) in [6.07, 6.45) is 2.91. The van der Waals surface area contributed by atoms with Crippen molar-refractivity contribution in [1.82, 2.24) is 0 Å².